The van der Waals surface area contributed by atoms with E-state index in [1.165, 1.54) is 12.4 Å². The molecular weight excluding hydrogens is 116 g/mol. The summed E-state index contributed by atoms with van der Waals surface area (Å²) in [4.78, 5) is 6.48. The number of nitrogens with zero attached hydrogens (tertiary/aromatic N) is 1. The van der Waals surface area contributed by atoms with Crippen LogP contribution in [-0.2, 0) is 0 Å². The second kappa shape index (κ2) is 2.46. The summed E-state index contributed by atoms with van der Waals surface area (Å²) >= 11 is 0. The summed E-state index contributed by atoms with van der Waals surface area (Å²) < 4.78 is 0. The van der Waals surface area contributed by atoms with Crippen molar-refractivity contribution in [2.75, 3.05) is 0 Å². The molecule has 0 aliphatic rings. The topological polar surface area (TPSA) is 48.9 Å². The Bertz CT molecular complexity index is 181. The van der Waals surface area contributed by atoms with Crippen molar-refractivity contribution < 1.29 is 5.11 Å². The molecule has 0 saturated heterocycles. The van der Waals surface area contributed by atoms with Gasteiger partial charge in [0.1, 0.15) is 6.10 Å². The van der Waals surface area contributed by atoms with Crippen LogP contribution in [0, 0.1) is 0 Å². The van der Waals surface area contributed by atoms with Gasteiger partial charge in [0.15, 0.2) is 0 Å². The lowest BCUT2D eigenvalue weighted by Gasteiger charge is -1.97. The first-order chi connectivity index (χ1) is 4.34. The van der Waals surface area contributed by atoms with E-state index < -0.39 is 6.10 Å². The maximum atomic E-state index is 9.03. The quantitative estimate of drug-likeness (QED) is 0.568. The van der Waals surface area contributed by atoms with Crippen molar-refractivity contribution in [2.45, 2.75) is 6.10 Å². The fourth-order valence-electron chi connectivity index (χ4n) is 0.555. The second-order valence-electron chi connectivity index (χ2n) is 1.69. The van der Waals surface area contributed by atoms with E-state index in [1.54, 1.807) is 6.20 Å². The number of H-pyrrole nitrogens is 1. The number of aromatic nitrogens is 2. The molecule has 0 aromatic carbocycles. The first kappa shape index (κ1) is 6.04. The average molecular weight is 124 g/mol. The monoisotopic (exact) mass is 124 g/mol. The minimum absolute atomic E-state index is 0.618. The van der Waals surface area contributed by atoms with Gasteiger partial charge in [0, 0.05) is 0 Å². The van der Waals surface area contributed by atoms with Crippen LogP contribution in [0.15, 0.2) is 25.2 Å². The molecule has 0 bridgehead atoms. The molecular formula is C6H8N2O. The van der Waals surface area contributed by atoms with Gasteiger partial charge in [0.25, 0.3) is 0 Å². The third-order valence-corrected chi connectivity index (χ3v) is 1.06. The van der Waals surface area contributed by atoms with Crippen molar-refractivity contribution in [2.24, 2.45) is 0 Å². The van der Waals surface area contributed by atoms with Crippen LogP contribution in [0.1, 0.15) is 11.8 Å². The molecule has 0 radical (unpaired) electrons. The highest BCUT2D eigenvalue weighted by molar-refractivity contribution is 5.04. The molecule has 1 aromatic heterocycles. The minimum atomic E-state index is -0.618. The molecule has 9 heavy (non-hydrogen) atoms. The number of aliphatic hydroxyl groups is 1. The van der Waals surface area contributed by atoms with E-state index in [0.717, 1.165) is 0 Å². The van der Waals surface area contributed by atoms with Crippen molar-refractivity contribution in [3.8, 4) is 0 Å². The molecule has 48 valence electrons. The van der Waals surface area contributed by atoms with Crippen molar-refractivity contribution in [1.29, 1.82) is 0 Å². The first-order valence-corrected chi connectivity index (χ1v) is 2.63. The van der Waals surface area contributed by atoms with E-state index in [4.69, 9.17) is 5.11 Å². The summed E-state index contributed by atoms with van der Waals surface area (Å²) in [7, 11) is 0. The number of aromatic amines is 1. The Balaban J connectivity index is 2.76. The number of aliphatic hydroxyl groups excluding tert-OH is 1. The summed E-state index contributed by atoms with van der Waals surface area (Å²) in [5.41, 5.74) is 0.671. The Morgan fingerprint density at radius 1 is 1.89 bits per heavy atom. The van der Waals surface area contributed by atoms with Crippen LogP contribution in [0.4, 0.5) is 0 Å². The minimum Gasteiger partial charge on any atom is -0.383 e. The molecule has 0 spiro atoms. The Hall–Kier alpha value is -1.09. The Morgan fingerprint density at radius 2 is 2.67 bits per heavy atom. The highest BCUT2D eigenvalue weighted by Crippen LogP contribution is 2.07. The molecule has 1 heterocycles. The number of hydrogen-bond donors (Lipinski definition) is 2. The molecule has 0 fully saturated rings. The summed E-state index contributed by atoms with van der Waals surface area (Å²) in [6, 6.07) is 0. The molecule has 2 N–H and O–H groups in total. The highest BCUT2D eigenvalue weighted by Gasteiger charge is 2.00. The molecule has 1 unspecified atom stereocenters. The maximum Gasteiger partial charge on any atom is 0.113 e. The standard InChI is InChI=1S/C6H8N2O/c1-2-6(9)5-3-7-4-8-5/h2-4,6,9H,1H2,(H,7,8). The predicted octanol–water partition coefficient (Wildman–Crippen LogP) is 0.629. The SMILES string of the molecule is C=CC(O)c1cnc[nH]1. The van der Waals surface area contributed by atoms with Crippen LogP contribution in [-0.4, -0.2) is 15.1 Å². The van der Waals surface area contributed by atoms with E-state index in [-0.39, 0.29) is 0 Å². The van der Waals surface area contributed by atoms with Crippen molar-refractivity contribution >= 4 is 0 Å². The summed E-state index contributed by atoms with van der Waals surface area (Å²) in [6.45, 7) is 3.42. The van der Waals surface area contributed by atoms with Crippen molar-refractivity contribution in [3.05, 3.63) is 30.9 Å². The molecule has 1 rings (SSSR count). The van der Waals surface area contributed by atoms with Gasteiger partial charge >= 0.3 is 0 Å². The number of hydrogen-bond acceptors (Lipinski definition) is 2. The molecule has 3 heteroatoms. The molecule has 0 aliphatic carbocycles. The fraction of sp³-hybridized carbons (Fsp3) is 0.167. The highest BCUT2D eigenvalue weighted by atomic mass is 16.3. The molecule has 0 saturated carbocycles. The van der Waals surface area contributed by atoms with Crippen molar-refractivity contribution in [3.63, 3.8) is 0 Å². The molecule has 3 nitrogen and oxygen atoms in total. The normalized spacial score (nSPS) is 13.0. The molecule has 0 amide bonds. The zero-order valence-electron chi connectivity index (χ0n) is 4.91. The van der Waals surface area contributed by atoms with Crippen LogP contribution >= 0.6 is 0 Å². The van der Waals surface area contributed by atoms with E-state index in [0.29, 0.717) is 5.69 Å². The second-order valence-corrected chi connectivity index (χ2v) is 1.69. The molecule has 1 atom stereocenters. The van der Waals surface area contributed by atoms with Gasteiger partial charge < -0.3 is 10.1 Å². The number of rotatable bonds is 2. The predicted molar refractivity (Wildman–Crippen MR) is 33.7 cm³/mol. The summed E-state index contributed by atoms with van der Waals surface area (Å²) in [6.07, 6.45) is 3.90. The van der Waals surface area contributed by atoms with Crippen LogP contribution in [0.5, 0.6) is 0 Å². The fourth-order valence-corrected chi connectivity index (χ4v) is 0.555. The van der Waals surface area contributed by atoms with Gasteiger partial charge in [0.05, 0.1) is 18.2 Å². The van der Waals surface area contributed by atoms with Crippen molar-refractivity contribution in [1.82, 2.24) is 9.97 Å². The summed E-state index contributed by atoms with van der Waals surface area (Å²) in [5, 5.41) is 9.03. The lowest BCUT2D eigenvalue weighted by atomic mass is 10.3. The van der Waals surface area contributed by atoms with Gasteiger partial charge in [-0.15, -0.1) is 6.58 Å². The zero-order valence-corrected chi connectivity index (χ0v) is 4.91. The van der Waals surface area contributed by atoms with E-state index in [1.807, 2.05) is 0 Å². The lowest BCUT2D eigenvalue weighted by molar-refractivity contribution is 0.224. The van der Waals surface area contributed by atoms with Crippen LogP contribution in [0.25, 0.3) is 0 Å². The third kappa shape index (κ3) is 1.17. The molecule has 0 aliphatic heterocycles. The average Bonchev–Trinajstić information content (AvgIpc) is 2.37. The zero-order chi connectivity index (χ0) is 6.69. The Kier molecular flexibility index (Phi) is 1.65. The lowest BCUT2D eigenvalue weighted by Crippen LogP contribution is -1.90. The molecule has 1 aromatic rings. The van der Waals surface area contributed by atoms with Gasteiger partial charge in [0.2, 0.25) is 0 Å². The summed E-state index contributed by atoms with van der Waals surface area (Å²) in [5.74, 6) is 0. The number of nitrogens with one attached hydrogen (secondary N) is 1. The van der Waals surface area contributed by atoms with Gasteiger partial charge in [-0.1, -0.05) is 6.08 Å². The van der Waals surface area contributed by atoms with E-state index >= 15 is 0 Å². The van der Waals surface area contributed by atoms with Gasteiger partial charge in [-0.05, 0) is 0 Å². The first-order valence-electron chi connectivity index (χ1n) is 2.63. The van der Waals surface area contributed by atoms with Crippen LogP contribution in [0.3, 0.4) is 0 Å². The number of imidazole rings is 1. The largest absolute Gasteiger partial charge is 0.383 e. The van der Waals surface area contributed by atoms with E-state index in [2.05, 4.69) is 16.5 Å². The Morgan fingerprint density at radius 3 is 3.11 bits per heavy atom. The maximum absolute atomic E-state index is 9.03. The van der Waals surface area contributed by atoms with Crippen LogP contribution in [0.2, 0.25) is 0 Å². The van der Waals surface area contributed by atoms with E-state index in [9.17, 15) is 0 Å². The third-order valence-electron chi connectivity index (χ3n) is 1.06. The smallest absolute Gasteiger partial charge is 0.113 e. The van der Waals surface area contributed by atoms with Crippen LogP contribution < -0.4 is 0 Å². The van der Waals surface area contributed by atoms with Gasteiger partial charge in [-0.25, -0.2) is 4.98 Å². The van der Waals surface area contributed by atoms with Gasteiger partial charge in [-0.3, -0.25) is 0 Å². The Labute approximate surface area is 53.1 Å². The van der Waals surface area contributed by atoms with Gasteiger partial charge in [-0.2, -0.15) is 0 Å².